The molecule has 0 saturated heterocycles. The molecule has 1 aromatic rings. The summed E-state index contributed by atoms with van der Waals surface area (Å²) in [6.45, 7) is 0.0134. The number of rotatable bonds is 4. The Bertz CT molecular complexity index is 445. The quantitative estimate of drug-likeness (QED) is 0.883. The van der Waals surface area contributed by atoms with Gasteiger partial charge in [-0.3, -0.25) is 4.79 Å². The van der Waals surface area contributed by atoms with E-state index in [2.05, 4.69) is 0 Å². The highest BCUT2D eigenvalue weighted by Gasteiger charge is 2.33. The van der Waals surface area contributed by atoms with Crippen molar-refractivity contribution in [2.24, 2.45) is 0 Å². The summed E-state index contributed by atoms with van der Waals surface area (Å²) in [7, 11) is 0. The minimum Gasteiger partial charge on any atom is -0.481 e. The van der Waals surface area contributed by atoms with Gasteiger partial charge in [0.25, 0.3) is 5.92 Å². The van der Waals surface area contributed by atoms with Crippen molar-refractivity contribution in [1.29, 1.82) is 0 Å². The third-order valence-electron chi connectivity index (χ3n) is 2.45. The van der Waals surface area contributed by atoms with E-state index in [0.717, 1.165) is 0 Å². The van der Waals surface area contributed by atoms with Gasteiger partial charge in [-0.05, 0) is 18.2 Å². The van der Waals surface area contributed by atoms with Gasteiger partial charge in [-0.15, -0.1) is 0 Å². The van der Waals surface area contributed by atoms with Gasteiger partial charge in [-0.2, -0.15) is 0 Å². The fraction of sp³-hybridized carbons (Fsp3) is 0.364. The van der Waals surface area contributed by atoms with Crippen molar-refractivity contribution < 1.29 is 28.2 Å². The van der Waals surface area contributed by atoms with E-state index in [4.69, 9.17) is 14.6 Å². The van der Waals surface area contributed by atoms with Crippen LogP contribution in [0.3, 0.4) is 0 Å². The summed E-state index contributed by atoms with van der Waals surface area (Å²) >= 11 is 0. The molecule has 0 spiro atoms. The van der Waals surface area contributed by atoms with E-state index >= 15 is 0 Å². The second-order valence-corrected chi connectivity index (χ2v) is 3.67. The molecule has 1 aliphatic rings. The Kier molecular flexibility index (Phi) is 2.87. The van der Waals surface area contributed by atoms with Crippen LogP contribution in [-0.4, -0.2) is 17.9 Å². The van der Waals surface area contributed by atoms with E-state index in [-0.39, 0.29) is 18.1 Å². The van der Waals surface area contributed by atoms with Crippen molar-refractivity contribution in [2.75, 3.05) is 6.79 Å². The summed E-state index contributed by atoms with van der Waals surface area (Å²) in [5, 5.41) is 8.40. The molecule has 1 aliphatic heterocycles. The normalized spacial score (nSPS) is 13.8. The first-order chi connectivity index (χ1) is 7.99. The van der Waals surface area contributed by atoms with Crippen molar-refractivity contribution in [3.63, 3.8) is 0 Å². The molecule has 2 rings (SSSR count). The smallest absolute Gasteiger partial charge is 0.303 e. The zero-order valence-electron chi connectivity index (χ0n) is 8.78. The third-order valence-corrected chi connectivity index (χ3v) is 2.45. The number of fused-ring (bicyclic) bond motifs is 1. The summed E-state index contributed by atoms with van der Waals surface area (Å²) in [5.41, 5.74) is -0.261. The van der Waals surface area contributed by atoms with E-state index in [1.807, 2.05) is 0 Å². The van der Waals surface area contributed by atoms with Gasteiger partial charge in [0.05, 0.1) is 6.42 Å². The van der Waals surface area contributed by atoms with E-state index in [1.165, 1.54) is 18.2 Å². The number of carboxylic acids is 1. The van der Waals surface area contributed by atoms with E-state index in [1.54, 1.807) is 0 Å². The molecule has 6 heteroatoms. The molecule has 0 aliphatic carbocycles. The monoisotopic (exact) mass is 244 g/mol. The fourth-order valence-electron chi connectivity index (χ4n) is 1.53. The molecule has 92 valence electrons. The molecule has 0 fully saturated rings. The van der Waals surface area contributed by atoms with Crippen LogP contribution in [0, 0.1) is 0 Å². The highest BCUT2D eigenvalue weighted by molar-refractivity contribution is 5.66. The topological polar surface area (TPSA) is 55.8 Å². The third kappa shape index (κ3) is 2.46. The lowest BCUT2D eigenvalue weighted by Crippen LogP contribution is -2.15. The van der Waals surface area contributed by atoms with E-state index < -0.39 is 24.7 Å². The summed E-state index contributed by atoms with van der Waals surface area (Å²) in [6, 6.07) is 3.80. The molecule has 0 atom stereocenters. The molecule has 1 aromatic carbocycles. The van der Waals surface area contributed by atoms with Crippen LogP contribution in [0.5, 0.6) is 11.5 Å². The van der Waals surface area contributed by atoms with Crippen LogP contribution in [0.1, 0.15) is 18.4 Å². The van der Waals surface area contributed by atoms with Gasteiger partial charge in [0, 0.05) is 12.0 Å². The Hall–Kier alpha value is -1.85. The molecule has 4 nitrogen and oxygen atoms in total. The van der Waals surface area contributed by atoms with Gasteiger partial charge in [-0.25, -0.2) is 8.78 Å². The predicted molar refractivity (Wildman–Crippen MR) is 53.3 cm³/mol. The Balaban J connectivity index is 2.18. The van der Waals surface area contributed by atoms with E-state index in [9.17, 15) is 13.6 Å². The first-order valence-electron chi connectivity index (χ1n) is 4.99. The Labute approximate surface area is 95.8 Å². The van der Waals surface area contributed by atoms with Gasteiger partial charge in [0.2, 0.25) is 6.79 Å². The summed E-state index contributed by atoms with van der Waals surface area (Å²) in [4.78, 5) is 10.3. The molecular formula is C11H10F2O4. The number of aliphatic carboxylic acids is 1. The second kappa shape index (κ2) is 4.20. The Morgan fingerprint density at radius 1 is 1.35 bits per heavy atom. The first kappa shape index (κ1) is 11.6. The van der Waals surface area contributed by atoms with E-state index in [0.29, 0.717) is 5.75 Å². The molecule has 0 amide bonds. The van der Waals surface area contributed by atoms with Gasteiger partial charge in [-0.1, -0.05) is 0 Å². The zero-order chi connectivity index (χ0) is 12.5. The fourth-order valence-corrected chi connectivity index (χ4v) is 1.53. The maximum atomic E-state index is 13.6. The number of ether oxygens (including phenoxy) is 2. The minimum absolute atomic E-state index is 0.0134. The highest BCUT2D eigenvalue weighted by Crippen LogP contribution is 2.39. The number of carboxylic acid groups (broad SMARTS) is 1. The van der Waals surface area contributed by atoms with Gasteiger partial charge >= 0.3 is 5.97 Å². The lowest BCUT2D eigenvalue weighted by molar-refractivity contribution is -0.139. The van der Waals surface area contributed by atoms with Gasteiger partial charge in [0.1, 0.15) is 0 Å². The molecular weight excluding hydrogens is 234 g/mol. The number of carbonyl (C=O) groups is 1. The van der Waals surface area contributed by atoms with Gasteiger partial charge < -0.3 is 14.6 Å². The Morgan fingerprint density at radius 3 is 2.76 bits per heavy atom. The van der Waals surface area contributed by atoms with Crippen molar-refractivity contribution >= 4 is 5.97 Å². The molecule has 0 bridgehead atoms. The molecule has 0 unspecified atom stereocenters. The second-order valence-electron chi connectivity index (χ2n) is 3.67. The largest absolute Gasteiger partial charge is 0.481 e. The number of halogens is 2. The lowest BCUT2D eigenvalue weighted by Gasteiger charge is -2.15. The number of benzene rings is 1. The number of alkyl halides is 2. The van der Waals surface area contributed by atoms with Crippen molar-refractivity contribution in [2.45, 2.75) is 18.8 Å². The van der Waals surface area contributed by atoms with Crippen LogP contribution in [0.2, 0.25) is 0 Å². The standard InChI is InChI=1S/C11H10F2O4/c12-11(13,4-3-10(14)15)7-1-2-8-9(5-7)17-6-16-8/h1-2,5H,3-4,6H2,(H,14,15). The molecule has 17 heavy (non-hydrogen) atoms. The zero-order valence-corrected chi connectivity index (χ0v) is 8.78. The van der Waals surface area contributed by atoms with Crippen LogP contribution in [0.25, 0.3) is 0 Å². The van der Waals surface area contributed by atoms with Crippen LogP contribution in [0.4, 0.5) is 8.78 Å². The first-order valence-corrected chi connectivity index (χ1v) is 4.99. The van der Waals surface area contributed by atoms with Crippen molar-refractivity contribution in [3.8, 4) is 11.5 Å². The summed E-state index contributed by atoms with van der Waals surface area (Å²) < 4.78 is 37.2. The van der Waals surface area contributed by atoms with Crippen LogP contribution in [0.15, 0.2) is 18.2 Å². The number of hydrogen-bond acceptors (Lipinski definition) is 3. The highest BCUT2D eigenvalue weighted by atomic mass is 19.3. The number of hydrogen-bond donors (Lipinski definition) is 1. The molecule has 0 aromatic heterocycles. The lowest BCUT2D eigenvalue weighted by atomic mass is 10.0. The average molecular weight is 244 g/mol. The maximum absolute atomic E-state index is 13.6. The van der Waals surface area contributed by atoms with Gasteiger partial charge in [0.15, 0.2) is 11.5 Å². The molecule has 1 heterocycles. The summed E-state index contributed by atoms with van der Waals surface area (Å²) in [5.74, 6) is -3.75. The predicted octanol–water partition coefficient (Wildman–Crippen LogP) is 2.37. The van der Waals surface area contributed by atoms with Crippen LogP contribution in [-0.2, 0) is 10.7 Å². The minimum atomic E-state index is -3.18. The maximum Gasteiger partial charge on any atom is 0.303 e. The molecule has 0 radical (unpaired) electrons. The Morgan fingerprint density at radius 2 is 2.06 bits per heavy atom. The van der Waals surface area contributed by atoms with Crippen LogP contribution < -0.4 is 9.47 Å². The average Bonchev–Trinajstić information content (AvgIpc) is 2.73. The molecule has 1 N–H and O–H groups in total. The van der Waals surface area contributed by atoms with Crippen molar-refractivity contribution in [1.82, 2.24) is 0 Å². The summed E-state index contributed by atoms with van der Waals surface area (Å²) in [6.07, 6.45) is -1.32. The van der Waals surface area contributed by atoms with Crippen molar-refractivity contribution in [3.05, 3.63) is 23.8 Å². The SMILES string of the molecule is O=C(O)CCC(F)(F)c1ccc2c(c1)OCO2. The van der Waals surface area contributed by atoms with Crippen LogP contribution >= 0.6 is 0 Å². The molecule has 0 saturated carbocycles.